The molecule has 208 valence electrons. The topological polar surface area (TPSA) is 86.8 Å². The Labute approximate surface area is 240 Å². The van der Waals surface area contributed by atoms with E-state index in [4.69, 9.17) is 23.2 Å². The van der Waals surface area contributed by atoms with Gasteiger partial charge in [-0.25, -0.2) is 8.42 Å². The Bertz CT molecular complexity index is 1420. The second kappa shape index (κ2) is 13.3. The van der Waals surface area contributed by atoms with Gasteiger partial charge < -0.3 is 10.2 Å². The van der Waals surface area contributed by atoms with Crippen molar-refractivity contribution in [2.24, 2.45) is 5.92 Å². The Hall–Kier alpha value is -3.07. The maximum Gasteiger partial charge on any atom is 0.264 e. The van der Waals surface area contributed by atoms with Crippen LogP contribution in [0.1, 0.15) is 31.9 Å². The second-order valence-corrected chi connectivity index (χ2v) is 12.4. The highest BCUT2D eigenvalue weighted by Crippen LogP contribution is 2.31. The summed E-state index contributed by atoms with van der Waals surface area (Å²) >= 11 is 12.5. The summed E-state index contributed by atoms with van der Waals surface area (Å²) < 4.78 is 28.8. The lowest BCUT2D eigenvalue weighted by Gasteiger charge is -2.32. The van der Waals surface area contributed by atoms with Gasteiger partial charge in [-0.3, -0.25) is 13.9 Å². The number of rotatable bonds is 11. The number of carbonyl (C=O) groups excluding carboxylic acids is 2. The molecule has 1 N–H and O–H groups in total. The molecule has 7 nitrogen and oxygen atoms in total. The molecule has 0 aromatic heterocycles. The number of benzene rings is 3. The minimum atomic E-state index is -4.16. The number of halogens is 2. The van der Waals surface area contributed by atoms with Gasteiger partial charge in [-0.15, -0.1) is 0 Å². The molecule has 3 rings (SSSR count). The van der Waals surface area contributed by atoms with E-state index in [0.29, 0.717) is 27.7 Å². The second-order valence-electron chi connectivity index (χ2n) is 9.68. The van der Waals surface area contributed by atoms with E-state index in [1.165, 1.54) is 17.0 Å². The normalized spacial score (nSPS) is 12.2. The van der Waals surface area contributed by atoms with E-state index in [0.717, 1.165) is 4.31 Å². The van der Waals surface area contributed by atoms with Crippen molar-refractivity contribution in [3.8, 4) is 0 Å². The molecule has 0 aliphatic heterocycles. The van der Waals surface area contributed by atoms with Crippen molar-refractivity contribution < 1.29 is 18.0 Å². The van der Waals surface area contributed by atoms with Crippen molar-refractivity contribution in [1.29, 1.82) is 0 Å². The average Bonchev–Trinajstić information content (AvgIpc) is 2.90. The van der Waals surface area contributed by atoms with Gasteiger partial charge in [-0.1, -0.05) is 73.4 Å². The summed E-state index contributed by atoms with van der Waals surface area (Å²) in [5.41, 5.74) is 1.49. The van der Waals surface area contributed by atoms with E-state index in [1.54, 1.807) is 74.5 Å². The van der Waals surface area contributed by atoms with Gasteiger partial charge in [0.1, 0.15) is 12.6 Å². The lowest BCUT2D eigenvalue weighted by Crippen LogP contribution is -2.51. The highest BCUT2D eigenvalue weighted by Gasteiger charge is 2.33. The van der Waals surface area contributed by atoms with E-state index in [9.17, 15) is 18.0 Å². The quantitative estimate of drug-likeness (QED) is 0.311. The van der Waals surface area contributed by atoms with Crippen LogP contribution in [0.3, 0.4) is 0 Å². The number of sulfonamides is 1. The first kappa shape index (κ1) is 30.5. The van der Waals surface area contributed by atoms with Gasteiger partial charge in [0, 0.05) is 23.1 Å². The molecule has 0 unspecified atom stereocenters. The fraction of sp³-hybridized carbons (Fsp3) is 0.310. The summed E-state index contributed by atoms with van der Waals surface area (Å²) in [5.74, 6) is -0.674. The maximum absolute atomic E-state index is 13.9. The van der Waals surface area contributed by atoms with Gasteiger partial charge in [0.25, 0.3) is 10.0 Å². The number of amides is 2. The summed E-state index contributed by atoms with van der Waals surface area (Å²) in [6.07, 6.45) is 0. The number of nitrogens with zero attached hydrogens (tertiary/aromatic N) is 2. The van der Waals surface area contributed by atoms with Crippen LogP contribution in [-0.2, 0) is 26.2 Å². The summed E-state index contributed by atoms with van der Waals surface area (Å²) in [6, 6.07) is 18.9. The third-order valence-corrected chi connectivity index (χ3v) is 8.63. The number of anilines is 1. The zero-order chi connectivity index (χ0) is 28.7. The molecule has 0 aliphatic carbocycles. The number of nitrogens with one attached hydrogen (secondary N) is 1. The van der Waals surface area contributed by atoms with Crippen molar-refractivity contribution in [3.05, 3.63) is 94.0 Å². The summed E-state index contributed by atoms with van der Waals surface area (Å²) in [7, 11) is -4.16. The Morgan fingerprint density at radius 3 is 2.23 bits per heavy atom. The van der Waals surface area contributed by atoms with Gasteiger partial charge in [-0.05, 0) is 67.3 Å². The Morgan fingerprint density at radius 1 is 0.923 bits per heavy atom. The third-order valence-electron chi connectivity index (χ3n) is 6.21. The third kappa shape index (κ3) is 7.75. The van der Waals surface area contributed by atoms with E-state index in [-0.39, 0.29) is 29.0 Å². The van der Waals surface area contributed by atoms with Crippen LogP contribution in [0.4, 0.5) is 5.69 Å². The Kier molecular flexibility index (Phi) is 10.4. The van der Waals surface area contributed by atoms with Gasteiger partial charge in [-0.2, -0.15) is 0 Å². The van der Waals surface area contributed by atoms with E-state index in [1.807, 2.05) is 13.8 Å². The average molecular weight is 591 g/mol. The van der Waals surface area contributed by atoms with Crippen LogP contribution in [0, 0.1) is 12.8 Å². The van der Waals surface area contributed by atoms with Crippen LogP contribution >= 0.6 is 23.2 Å². The smallest absolute Gasteiger partial charge is 0.264 e. The molecule has 0 radical (unpaired) electrons. The largest absolute Gasteiger partial charge is 0.354 e. The fourth-order valence-electron chi connectivity index (χ4n) is 3.97. The Balaban J connectivity index is 2.04. The first-order valence-electron chi connectivity index (χ1n) is 12.6. The molecular formula is C29H33Cl2N3O4S. The maximum atomic E-state index is 13.9. The van der Waals surface area contributed by atoms with E-state index >= 15 is 0 Å². The monoisotopic (exact) mass is 589 g/mol. The molecule has 3 aromatic carbocycles. The van der Waals surface area contributed by atoms with Gasteiger partial charge >= 0.3 is 0 Å². The van der Waals surface area contributed by atoms with Crippen molar-refractivity contribution in [2.45, 2.75) is 45.2 Å². The highest BCUT2D eigenvalue weighted by atomic mass is 35.5. The van der Waals surface area contributed by atoms with Crippen molar-refractivity contribution in [1.82, 2.24) is 10.2 Å². The number of hydrogen-bond donors (Lipinski definition) is 1. The van der Waals surface area contributed by atoms with Crippen LogP contribution < -0.4 is 9.62 Å². The molecule has 0 spiro atoms. The van der Waals surface area contributed by atoms with Crippen molar-refractivity contribution in [3.63, 3.8) is 0 Å². The van der Waals surface area contributed by atoms with E-state index < -0.39 is 28.5 Å². The van der Waals surface area contributed by atoms with Crippen LogP contribution in [0.25, 0.3) is 0 Å². The molecule has 10 heteroatoms. The molecule has 1 atom stereocenters. The minimum absolute atomic E-state index is 0.0290. The molecular weight excluding hydrogens is 557 g/mol. The molecule has 0 saturated heterocycles. The molecule has 0 aliphatic rings. The zero-order valence-corrected chi connectivity index (χ0v) is 24.7. The minimum Gasteiger partial charge on any atom is -0.354 e. The fourth-order valence-corrected chi connectivity index (χ4v) is 5.84. The summed E-state index contributed by atoms with van der Waals surface area (Å²) in [4.78, 5) is 28.4. The summed E-state index contributed by atoms with van der Waals surface area (Å²) in [6.45, 7) is 7.22. The molecule has 0 saturated carbocycles. The van der Waals surface area contributed by atoms with Crippen LogP contribution in [0.5, 0.6) is 0 Å². The van der Waals surface area contributed by atoms with E-state index in [2.05, 4.69) is 5.32 Å². The van der Waals surface area contributed by atoms with Crippen molar-refractivity contribution in [2.75, 3.05) is 17.4 Å². The first-order valence-corrected chi connectivity index (χ1v) is 14.8. The molecule has 0 heterocycles. The van der Waals surface area contributed by atoms with Crippen LogP contribution in [0.2, 0.25) is 10.0 Å². The first-order chi connectivity index (χ1) is 18.4. The van der Waals surface area contributed by atoms with Crippen LogP contribution in [-0.4, -0.2) is 44.3 Å². The van der Waals surface area contributed by atoms with Gasteiger partial charge in [0.05, 0.1) is 10.6 Å². The molecule has 0 fully saturated rings. The SMILES string of the molecule is Cc1c(Cl)cccc1N(CC(=O)N(Cc1cccc(Cl)c1)[C@H](C)C(=O)NCC(C)C)S(=O)(=O)c1ccccc1. The predicted octanol–water partition coefficient (Wildman–Crippen LogP) is 5.69. The molecule has 2 amide bonds. The lowest BCUT2D eigenvalue weighted by atomic mass is 10.1. The highest BCUT2D eigenvalue weighted by molar-refractivity contribution is 7.92. The number of hydrogen-bond acceptors (Lipinski definition) is 4. The summed E-state index contributed by atoms with van der Waals surface area (Å²) in [5, 5.41) is 3.72. The zero-order valence-electron chi connectivity index (χ0n) is 22.4. The molecule has 0 bridgehead atoms. The predicted molar refractivity (Wildman–Crippen MR) is 156 cm³/mol. The van der Waals surface area contributed by atoms with Gasteiger partial charge in [0.15, 0.2) is 0 Å². The Morgan fingerprint density at radius 2 is 1.59 bits per heavy atom. The van der Waals surface area contributed by atoms with Crippen molar-refractivity contribution >= 4 is 50.7 Å². The molecule has 39 heavy (non-hydrogen) atoms. The number of carbonyl (C=O) groups is 2. The lowest BCUT2D eigenvalue weighted by molar-refractivity contribution is -0.139. The standard InChI is InChI=1S/C29H33Cl2N3O4S/c1-20(2)17-32-29(36)22(4)33(18-23-10-8-11-24(30)16-23)28(35)19-34(27-15-9-14-26(31)21(27)3)39(37,38)25-12-6-5-7-13-25/h5-16,20,22H,17-19H2,1-4H3,(H,32,36)/t22-/m1/s1. The van der Waals surface area contributed by atoms with Crippen LogP contribution in [0.15, 0.2) is 77.7 Å². The van der Waals surface area contributed by atoms with Gasteiger partial charge in [0.2, 0.25) is 11.8 Å². The molecule has 3 aromatic rings.